The summed E-state index contributed by atoms with van der Waals surface area (Å²) in [6.07, 6.45) is 54.1. The van der Waals surface area contributed by atoms with Gasteiger partial charge in [0.2, 0.25) is 0 Å². The van der Waals surface area contributed by atoms with E-state index in [4.69, 9.17) is 18.9 Å². The zero-order valence-corrected chi connectivity index (χ0v) is 44.9. The largest absolute Gasteiger partial charge is 0.457 e. The third kappa shape index (κ3) is 40.5. The second kappa shape index (κ2) is 50.9. The van der Waals surface area contributed by atoms with Crippen LogP contribution in [0.2, 0.25) is 0 Å². The average Bonchev–Trinajstić information content (AvgIpc) is 3.34. The van der Waals surface area contributed by atoms with Gasteiger partial charge in [0.25, 0.3) is 0 Å². The molecule has 0 amide bonds. The Hall–Kier alpha value is -1.07. The van der Waals surface area contributed by atoms with Crippen molar-refractivity contribution in [1.29, 1.82) is 0 Å². The molecule has 0 bridgehead atoms. The number of aliphatic hydroxyl groups excluding tert-OH is 4. The van der Waals surface area contributed by atoms with E-state index in [1.807, 2.05) is 0 Å². The standard InChI is InChI=1S/C59H114O9/c1-3-5-7-9-11-13-15-17-19-21-23-25-26-27-28-29-30-32-34-36-38-40-42-44-46-48-55(61)67-53(52-66-59-58(64)57(63)56(62)54(50-60)68-59)51-65-49-47-45-43-41-39-37-35-33-31-24-22-20-18-16-14-12-10-8-6-4-2/h18,20,53-54,56-60,62-64H,3-17,19,21-52H2,1-2H3/b20-18-. The van der Waals surface area contributed by atoms with Gasteiger partial charge in [-0.2, -0.15) is 0 Å². The highest BCUT2D eigenvalue weighted by Gasteiger charge is 2.44. The molecule has 6 unspecified atom stereocenters. The fourth-order valence-electron chi connectivity index (χ4n) is 9.55. The highest BCUT2D eigenvalue weighted by molar-refractivity contribution is 5.69. The van der Waals surface area contributed by atoms with Gasteiger partial charge in [0, 0.05) is 13.0 Å². The number of esters is 1. The van der Waals surface area contributed by atoms with E-state index < -0.39 is 43.4 Å². The molecule has 1 saturated heterocycles. The maximum absolute atomic E-state index is 12.9. The highest BCUT2D eigenvalue weighted by Crippen LogP contribution is 2.23. The number of carbonyl (C=O) groups excluding carboxylic acids is 1. The predicted molar refractivity (Wildman–Crippen MR) is 284 cm³/mol. The van der Waals surface area contributed by atoms with Crippen molar-refractivity contribution in [3.05, 3.63) is 12.2 Å². The van der Waals surface area contributed by atoms with Crippen molar-refractivity contribution in [2.75, 3.05) is 26.4 Å². The minimum absolute atomic E-state index is 0.107. The van der Waals surface area contributed by atoms with Gasteiger partial charge in [0.1, 0.15) is 30.5 Å². The molecule has 68 heavy (non-hydrogen) atoms. The monoisotopic (exact) mass is 967 g/mol. The van der Waals surface area contributed by atoms with Gasteiger partial charge < -0.3 is 39.4 Å². The van der Waals surface area contributed by atoms with E-state index in [1.165, 1.54) is 244 Å². The second-order valence-electron chi connectivity index (χ2n) is 20.8. The lowest BCUT2D eigenvalue weighted by molar-refractivity contribution is -0.305. The first-order valence-corrected chi connectivity index (χ1v) is 29.8. The number of hydrogen-bond donors (Lipinski definition) is 4. The molecule has 0 aliphatic carbocycles. The van der Waals surface area contributed by atoms with Crippen LogP contribution in [0.5, 0.6) is 0 Å². The quantitative estimate of drug-likeness (QED) is 0.0267. The van der Waals surface area contributed by atoms with Gasteiger partial charge in [-0.3, -0.25) is 4.79 Å². The van der Waals surface area contributed by atoms with Crippen molar-refractivity contribution in [3.63, 3.8) is 0 Å². The molecule has 1 aliphatic heterocycles. The molecule has 1 aliphatic rings. The van der Waals surface area contributed by atoms with Crippen LogP contribution in [-0.2, 0) is 23.7 Å². The first-order valence-electron chi connectivity index (χ1n) is 29.8. The van der Waals surface area contributed by atoms with E-state index in [2.05, 4.69) is 26.0 Å². The van der Waals surface area contributed by atoms with E-state index in [-0.39, 0.29) is 19.2 Å². The Morgan fingerprint density at radius 2 is 0.809 bits per heavy atom. The van der Waals surface area contributed by atoms with Crippen LogP contribution in [0.15, 0.2) is 12.2 Å². The summed E-state index contributed by atoms with van der Waals surface area (Å²) in [7, 11) is 0. The molecule has 1 heterocycles. The molecule has 0 saturated carbocycles. The third-order valence-corrected chi connectivity index (χ3v) is 14.2. The Morgan fingerprint density at radius 1 is 0.456 bits per heavy atom. The van der Waals surface area contributed by atoms with E-state index in [1.54, 1.807) is 0 Å². The van der Waals surface area contributed by atoms with Crippen LogP contribution in [0.3, 0.4) is 0 Å². The molecular weight excluding hydrogens is 853 g/mol. The summed E-state index contributed by atoms with van der Waals surface area (Å²) in [5, 5.41) is 40.4. The van der Waals surface area contributed by atoms with Crippen molar-refractivity contribution in [2.45, 2.75) is 333 Å². The number of aliphatic hydroxyl groups is 4. The number of allylic oxidation sites excluding steroid dienone is 2. The van der Waals surface area contributed by atoms with Crippen LogP contribution in [0, 0.1) is 0 Å². The fraction of sp³-hybridized carbons (Fsp3) is 0.949. The molecule has 1 fully saturated rings. The smallest absolute Gasteiger partial charge is 0.306 e. The van der Waals surface area contributed by atoms with Crippen LogP contribution in [0.4, 0.5) is 0 Å². The molecule has 404 valence electrons. The summed E-state index contributed by atoms with van der Waals surface area (Å²) in [5.41, 5.74) is 0. The average molecular weight is 968 g/mol. The minimum Gasteiger partial charge on any atom is -0.457 e. The predicted octanol–water partition coefficient (Wildman–Crippen LogP) is 15.5. The maximum atomic E-state index is 12.9. The normalized spacial score (nSPS) is 19.1. The highest BCUT2D eigenvalue weighted by atomic mass is 16.7. The number of carbonyl (C=O) groups is 1. The Bertz CT molecular complexity index is 1060. The molecule has 4 N–H and O–H groups in total. The van der Waals surface area contributed by atoms with Crippen LogP contribution in [0.25, 0.3) is 0 Å². The molecule has 1 rings (SSSR count). The first-order chi connectivity index (χ1) is 33.4. The van der Waals surface area contributed by atoms with Gasteiger partial charge >= 0.3 is 5.97 Å². The fourth-order valence-corrected chi connectivity index (χ4v) is 9.55. The van der Waals surface area contributed by atoms with Crippen molar-refractivity contribution >= 4 is 5.97 Å². The zero-order valence-electron chi connectivity index (χ0n) is 44.9. The molecule has 0 aromatic heterocycles. The van der Waals surface area contributed by atoms with Crippen LogP contribution in [0.1, 0.15) is 296 Å². The summed E-state index contributed by atoms with van der Waals surface area (Å²) in [5.74, 6) is -0.305. The van der Waals surface area contributed by atoms with Crippen molar-refractivity contribution < 1.29 is 44.2 Å². The van der Waals surface area contributed by atoms with E-state index in [9.17, 15) is 25.2 Å². The summed E-state index contributed by atoms with van der Waals surface area (Å²) >= 11 is 0. The van der Waals surface area contributed by atoms with Crippen LogP contribution in [-0.4, -0.2) is 89.6 Å². The number of rotatable bonds is 53. The lowest BCUT2D eigenvalue weighted by atomic mass is 9.99. The van der Waals surface area contributed by atoms with E-state index in [0.29, 0.717) is 13.0 Å². The third-order valence-electron chi connectivity index (χ3n) is 14.2. The van der Waals surface area contributed by atoms with Gasteiger partial charge in [0.15, 0.2) is 6.29 Å². The molecule has 0 aromatic carbocycles. The molecule has 0 aromatic rings. The lowest BCUT2D eigenvalue weighted by Gasteiger charge is -2.39. The SMILES string of the molecule is CCCCCCCC/C=C\CCCCCCCCCCCCOCC(COC1OC(CO)C(O)C(O)C1O)OC(=O)CCCCCCCCCCCCCCCCCCCCCCCCCCC. The number of hydrogen-bond acceptors (Lipinski definition) is 9. The Morgan fingerprint density at radius 3 is 1.19 bits per heavy atom. The molecule has 0 radical (unpaired) electrons. The van der Waals surface area contributed by atoms with Crippen molar-refractivity contribution in [1.82, 2.24) is 0 Å². The lowest BCUT2D eigenvalue weighted by Crippen LogP contribution is -2.59. The van der Waals surface area contributed by atoms with Crippen LogP contribution >= 0.6 is 0 Å². The Labute approximate surface area is 420 Å². The Balaban J connectivity index is 2.12. The van der Waals surface area contributed by atoms with Gasteiger partial charge in [-0.15, -0.1) is 0 Å². The summed E-state index contributed by atoms with van der Waals surface area (Å²) in [4.78, 5) is 12.9. The van der Waals surface area contributed by atoms with E-state index >= 15 is 0 Å². The minimum atomic E-state index is -1.53. The first kappa shape index (κ1) is 64.9. The van der Waals surface area contributed by atoms with Gasteiger partial charge in [-0.25, -0.2) is 0 Å². The number of ether oxygens (including phenoxy) is 4. The van der Waals surface area contributed by atoms with Gasteiger partial charge in [-0.05, 0) is 38.5 Å². The summed E-state index contributed by atoms with van der Waals surface area (Å²) in [6.45, 7) is 4.63. The summed E-state index contributed by atoms with van der Waals surface area (Å²) in [6, 6.07) is 0. The molecule has 6 atom stereocenters. The summed E-state index contributed by atoms with van der Waals surface area (Å²) < 4.78 is 23.0. The maximum Gasteiger partial charge on any atom is 0.306 e. The van der Waals surface area contributed by atoms with Crippen molar-refractivity contribution in [2.24, 2.45) is 0 Å². The molecule has 0 spiro atoms. The van der Waals surface area contributed by atoms with Crippen molar-refractivity contribution in [3.8, 4) is 0 Å². The second-order valence-corrected chi connectivity index (χ2v) is 20.8. The van der Waals surface area contributed by atoms with Gasteiger partial charge in [-0.1, -0.05) is 264 Å². The zero-order chi connectivity index (χ0) is 49.2. The molecular formula is C59H114O9. The van der Waals surface area contributed by atoms with Gasteiger partial charge in [0.05, 0.1) is 19.8 Å². The Kier molecular flexibility index (Phi) is 48.6. The topological polar surface area (TPSA) is 135 Å². The number of unbranched alkanes of at least 4 members (excludes halogenated alkanes) is 40. The van der Waals surface area contributed by atoms with Crippen LogP contribution < -0.4 is 0 Å². The molecule has 9 heteroatoms. The molecule has 9 nitrogen and oxygen atoms in total. The van der Waals surface area contributed by atoms with E-state index in [0.717, 1.165) is 32.1 Å².